The zero-order valence-electron chi connectivity index (χ0n) is 8.47. The van der Waals surface area contributed by atoms with Crippen LogP contribution in [-0.4, -0.2) is 0 Å². The van der Waals surface area contributed by atoms with Gasteiger partial charge in [-0.3, -0.25) is 4.42 Å². The van der Waals surface area contributed by atoms with E-state index in [0.29, 0.717) is 5.56 Å². The molecule has 0 bridgehead atoms. The summed E-state index contributed by atoms with van der Waals surface area (Å²) in [6, 6.07) is 18.8. The van der Waals surface area contributed by atoms with E-state index in [9.17, 15) is 0 Å². The van der Waals surface area contributed by atoms with Gasteiger partial charge in [-0.2, -0.15) is 5.26 Å². The average molecular weight is 229 g/mol. The van der Waals surface area contributed by atoms with Crippen molar-refractivity contribution in [3.8, 4) is 6.07 Å². The van der Waals surface area contributed by atoms with Crippen LogP contribution in [0.1, 0.15) is 5.56 Å². The summed E-state index contributed by atoms with van der Waals surface area (Å²) < 4.78 is 1.56. The third kappa shape index (κ3) is 2.16. The van der Waals surface area contributed by atoms with Gasteiger partial charge in [0, 0.05) is 11.8 Å². The van der Waals surface area contributed by atoms with Crippen LogP contribution < -0.4 is 4.42 Å². The standard InChI is InChI=1S/C13H9ClN2/c14-16(12-4-2-1-3-5-12)13-8-6-11(10-15)7-9-13/h1-9H. The van der Waals surface area contributed by atoms with Gasteiger partial charge in [-0.05, 0) is 36.4 Å². The van der Waals surface area contributed by atoms with Crippen molar-refractivity contribution in [2.45, 2.75) is 0 Å². The fourth-order valence-corrected chi connectivity index (χ4v) is 1.60. The van der Waals surface area contributed by atoms with Crippen LogP contribution in [0.4, 0.5) is 11.4 Å². The Balaban J connectivity index is 2.28. The lowest BCUT2D eigenvalue weighted by molar-refractivity contribution is 1.40. The number of anilines is 2. The summed E-state index contributed by atoms with van der Waals surface area (Å²) in [5.74, 6) is 0. The first-order valence-electron chi connectivity index (χ1n) is 4.82. The Morgan fingerprint density at radius 1 is 0.875 bits per heavy atom. The van der Waals surface area contributed by atoms with Gasteiger partial charge in [-0.15, -0.1) is 0 Å². The van der Waals surface area contributed by atoms with Crippen molar-refractivity contribution in [3.63, 3.8) is 0 Å². The van der Waals surface area contributed by atoms with Crippen LogP contribution in [0.25, 0.3) is 0 Å². The van der Waals surface area contributed by atoms with Crippen LogP contribution in [0.15, 0.2) is 54.6 Å². The van der Waals surface area contributed by atoms with Crippen LogP contribution in [-0.2, 0) is 0 Å². The molecule has 0 fully saturated rings. The Morgan fingerprint density at radius 3 is 2.00 bits per heavy atom. The number of hydrogen-bond acceptors (Lipinski definition) is 2. The van der Waals surface area contributed by atoms with E-state index in [-0.39, 0.29) is 0 Å². The summed E-state index contributed by atoms with van der Waals surface area (Å²) in [5, 5.41) is 8.69. The third-order valence-electron chi connectivity index (χ3n) is 2.21. The molecule has 0 saturated heterocycles. The average Bonchev–Trinajstić information content (AvgIpc) is 2.39. The van der Waals surface area contributed by atoms with Crippen molar-refractivity contribution in [1.82, 2.24) is 0 Å². The Morgan fingerprint density at radius 2 is 1.44 bits per heavy atom. The summed E-state index contributed by atoms with van der Waals surface area (Å²) >= 11 is 6.18. The topological polar surface area (TPSA) is 27.0 Å². The van der Waals surface area contributed by atoms with Gasteiger partial charge in [-0.25, -0.2) is 0 Å². The molecule has 2 aromatic rings. The van der Waals surface area contributed by atoms with Crippen molar-refractivity contribution >= 4 is 23.2 Å². The van der Waals surface area contributed by atoms with Gasteiger partial charge in [0.15, 0.2) is 0 Å². The molecule has 0 unspecified atom stereocenters. The van der Waals surface area contributed by atoms with Crippen molar-refractivity contribution < 1.29 is 0 Å². The van der Waals surface area contributed by atoms with E-state index in [4.69, 9.17) is 17.0 Å². The fourth-order valence-electron chi connectivity index (χ4n) is 1.37. The van der Waals surface area contributed by atoms with E-state index < -0.39 is 0 Å². The third-order valence-corrected chi connectivity index (χ3v) is 2.60. The van der Waals surface area contributed by atoms with Crippen LogP contribution in [0.5, 0.6) is 0 Å². The summed E-state index contributed by atoms with van der Waals surface area (Å²) in [6.07, 6.45) is 0. The smallest absolute Gasteiger partial charge is 0.0991 e. The Bertz CT molecular complexity index is 500. The summed E-state index contributed by atoms with van der Waals surface area (Å²) in [4.78, 5) is 0. The molecule has 0 saturated carbocycles. The lowest BCUT2D eigenvalue weighted by Gasteiger charge is -2.15. The highest BCUT2D eigenvalue weighted by Crippen LogP contribution is 2.27. The Labute approximate surface area is 99.4 Å². The lowest BCUT2D eigenvalue weighted by Crippen LogP contribution is -2.00. The maximum atomic E-state index is 8.69. The van der Waals surface area contributed by atoms with Gasteiger partial charge in [0.1, 0.15) is 0 Å². The summed E-state index contributed by atoms with van der Waals surface area (Å²) in [6.45, 7) is 0. The second-order valence-corrected chi connectivity index (χ2v) is 3.61. The number of nitriles is 1. The van der Waals surface area contributed by atoms with Crippen molar-refractivity contribution in [3.05, 3.63) is 60.2 Å². The van der Waals surface area contributed by atoms with Crippen LogP contribution in [0, 0.1) is 11.3 Å². The van der Waals surface area contributed by atoms with Crippen LogP contribution >= 0.6 is 11.8 Å². The molecule has 2 aromatic carbocycles. The quantitative estimate of drug-likeness (QED) is 0.730. The maximum absolute atomic E-state index is 8.69. The second kappa shape index (κ2) is 4.69. The molecule has 16 heavy (non-hydrogen) atoms. The number of hydrogen-bond donors (Lipinski definition) is 0. The normalized spacial score (nSPS) is 9.50. The highest BCUT2D eigenvalue weighted by Gasteiger charge is 2.04. The zero-order chi connectivity index (χ0) is 11.4. The van der Waals surface area contributed by atoms with Gasteiger partial charge in [0.25, 0.3) is 0 Å². The molecule has 0 aliphatic rings. The molecule has 3 heteroatoms. The molecule has 0 heterocycles. The minimum atomic E-state index is 0.627. The molecule has 0 spiro atoms. The molecule has 0 N–H and O–H groups in total. The van der Waals surface area contributed by atoms with Gasteiger partial charge in [0.2, 0.25) is 0 Å². The van der Waals surface area contributed by atoms with E-state index in [1.54, 1.807) is 16.6 Å². The molecule has 0 amide bonds. The molecule has 0 atom stereocenters. The van der Waals surface area contributed by atoms with Gasteiger partial charge in [-0.1, -0.05) is 18.2 Å². The molecule has 0 aliphatic carbocycles. The molecule has 0 aliphatic heterocycles. The second-order valence-electron chi connectivity index (χ2n) is 3.28. The zero-order valence-corrected chi connectivity index (χ0v) is 9.22. The summed E-state index contributed by atoms with van der Waals surface area (Å²) in [5.41, 5.74) is 2.36. The van der Waals surface area contributed by atoms with E-state index in [2.05, 4.69) is 6.07 Å². The van der Waals surface area contributed by atoms with E-state index >= 15 is 0 Å². The Hall–Kier alpha value is -1.98. The molecule has 0 radical (unpaired) electrons. The van der Waals surface area contributed by atoms with Crippen LogP contribution in [0.3, 0.4) is 0 Å². The van der Waals surface area contributed by atoms with Gasteiger partial charge >= 0.3 is 0 Å². The molecule has 0 aromatic heterocycles. The van der Waals surface area contributed by atoms with Crippen molar-refractivity contribution in [2.24, 2.45) is 0 Å². The van der Waals surface area contributed by atoms with Crippen molar-refractivity contribution in [1.29, 1.82) is 5.26 Å². The summed E-state index contributed by atoms with van der Waals surface area (Å²) in [7, 11) is 0. The van der Waals surface area contributed by atoms with Gasteiger partial charge < -0.3 is 0 Å². The SMILES string of the molecule is N#Cc1ccc(N(Cl)c2ccccc2)cc1. The first kappa shape index (κ1) is 10.5. The molecular formula is C13H9ClN2. The lowest BCUT2D eigenvalue weighted by atomic mass is 10.2. The maximum Gasteiger partial charge on any atom is 0.0991 e. The Kier molecular flexibility index (Phi) is 3.09. The highest BCUT2D eigenvalue weighted by atomic mass is 35.5. The highest BCUT2D eigenvalue weighted by molar-refractivity contribution is 6.29. The minimum absolute atomic E-state index is 0.627. The molecule has 2 nitrogen and oxygen atoms in total. The van der Waals surface area contributed by atoms with E-state index in [1.807, 2.05) is 42.5 Å². The van der Waals surface area contributed by atoms with E-state index in [1.165, 1.54) is 0 Å². The van der Waals surface area contributed by atoms with E-state index in [0.717, 1.165) is 11.4 Å². The first-order chi connectivity index (χ1) is 7.81. The predicted molar refractivity (Wildman–Crippen MR) is 65.6 cm³/mol. The molecule has 2 rings (SSSR count). The number of halogens is 1. The number of rotatable bonds is 2. The molecule has 78 valence electrons. The largest absolute Gasteiger partial charge is 0.254 e. The number of benzene rings is 2. The monoisotopic (exact) mass is 228 g/mol. The van der Waals surface area contributed by atoms with Crippen molar-refractivity contribution in [2.75, 3.05) is 4.42 Å². The predicted octanol–water partition coefficient (Wildman–Crippen LogP) is 3.85. The first-order valence-corrected chi connectivity index (χ1v) is 5.16. The van der Waals surface area contributed by atoms with Gasteiger partial charge in [0.05, 0.1) is 23.0 Å². The van der Waals surface area contributed by atoms with Crippen LogP contribution in [0.2, 0.25) is 0 Å². The fraction of sp³-hybridized carbons (Fsp3) is 0. The minimum Gasteiger partial charge on any atom is -0.254 e. The number of nitrogens with zero attached hydrogens (tertiary/aromatic N) is 2. The number of para-hydroxylation sites is 1. The molecular weight excluding hydrogens is 220 g/mol.